The minimum Gasteiger partial charge on any atom is -0.543 e. The number of alkyl halides is 1. The van der Waals surface area contributed by atoms with Gasteiger partial charge in [0.2, 0.25) is 16.7 Å². The van der Waals surface area contributed by atoms with E-state index in [9.17, 15) is 33.8 Å². The normalized spacial score (nSPS) is 17.8. The number of anilines is 1. The lowest BCUT2D eigenvalue weighted by atomic mass is 9.77. The van der Waals surface area contributed by atoms with Gasteiger partial charge in [-0.05, 0) is 28.3 Å². The van der Waals surface area contributed by atoms with Gasteiger partial charge in [-0.2, -0.15) is 9.36 Å². The smallest absolute Gasteiger partial charge is 0.278 e. The van der Waals surface area contributed by atoms with Crippen molar-refractivity contribution in [3.63, 3.8) is 0 Å². The van der Waals surface area contributed by atoms with Gasteiger partial charge < -0.3 is 40.7 Å². The number of oxime groups is 1. The Morgan fingerprint density at radius 1 is 1.07 bits per heavy atom. The third-order valence-electron chi connectivity index (χ3n) is 9.69. The molecular weight excluding hydrogens is 776 g/mol. The summed E-state index contributed by atoms with van der Waals surface area (Å²) in [7, 11) is 3.37. The molecule has 5 N–H and O–H groups in total. The van der Waals surface area contributed by atoms with Gasteiger partial charge in [0.1, 0.15) is 23.6 Å². The van der Waals surface area contributed by atoms with E-state index in [1.807, 2.05) is 91.0 Å². The maximum Gasteiger partial charge on any atom is 0.278 e. The number of thioether (sulfide) groups is 1. The molecule has 1 fully saturated rings. The number of benzene rings is 3. The number of hydrogen-bond acceptors (Lipinski definition) is 13. The number of fused-ring (bicyclic) bond motifs is 1. The van der Waals surface area contributed by atoms with E-state index in [1.54, 1.807) is 20.2 Å². The molecule has 3 amide bonds. The summed E-state index contributed by atoms with van der Waals surface area (Å²) < 4.78 is 17.6. The first-order valence-electron chi connectivity index (χ1n) is 17.6. The number of quaternary nitrogens is 1. The average molecular weight is 815 g/mol. The zero-order valence-electron chi connectivity index (χ0n) is 30.8. The number of carboxylic acid groups (broad SMARTS) is 1. The first kappa shape index (κ1) is 40.7. The third kappa shape index (κ3) is 8.29. The van der Waals surface area contributed by atoms with Crippen molar-refractivity contribution in [3.8, 4) is 0 Å². The summed E-state index contributed by atoms with van der Waals surface area (Å²) in [6, 6.07) is 27.1. The molecule has 0 unspecified atom stereocenters. The number of rotatable bonds is 17. The van der Waals surface area contributed by atoms with E-state index in [0.29, 0.717) is 0 Å². The summed E-state index contributed by atoms with van der Waals surface area (Å²) >= 11 is 2.13. The highest BCUT2D eigenvalue weighted by Gasteiger charge is 2.53. The Balaban J connectivity index is 1.24. The molecule has 0 radical (unpaired) electrons. The number of aliphatic hydroxyl groups is 1. The Morgan fingerprint density at radius 3 is 2.16 bits per heavy atom. The number of carbonyl (C=O) groups excluding carboxylic acids is 4. The topological polar surface area (TPSA) is 212 Å². The van der Waals surface area contributed by atoms with E-state index in [0.717, 1.165) is 33.1 Å². The van der Waals surface area contributed by atoms with E-state index in [4.69, 9.17) is 5.73 Å². The highest BCUT2D eigenvalue weighted by atomic mass is 32.2. The number of carbonyl (C=O) groups is 4. The largest absolute Gasteiger partial charge is 0.543 e. The van der Waals surface area contributed by atoms with Gasteiger partial charge >= 0.3 is 0 Å². The fourth-order valence-electron chi connectivity index (χ4n) is 6.80. The second kappa shape index (κ2) is 17.5. The van der Waals surface area contributed by atoms with Crippen LogP contribution < -0.4 is 21.5 Å². The molecule has 3 atom stereocenters. The second-order valence-electron chi connectivity index (χ2n) is 13.6. The Kier molecular flexibility index (Phi) is 12.5. The minimum atomic E-state index is -1.60. The van der Waals surface area contributed by atoms with Gasteiger partial charge in [-0.3, -0.25) is 19.3 Å². The number of halogens is 1. The van der Waals surface area contributed by atoms with Crippen LogP contribution in [0.5, 0.6) is 0 Å². The number of β-lactam (4-membered cyclic amide) rings is 1. The van der Waals surface area contributed by atoms with E-state index in [-0.39, 0.29) is 39.0 Å². The predicted molar refractivity (Wildman–Crippen MR) is 210 cm³/mol. The number of primary amides is 1. The second-order valence-corrected chi connectivity index (χ2v) is 15.4. The van der Waals surface area contributed by atoms with Crippen molar-refractivity contribution in [2.75, 3.05) is 45.2 Å². The number of carboxylic acids is 1. The summed E-state index contributed by atoms with van der Waals surface area (Å²) in [4.78, 5) is 61.6. The molecule has 3 aromatic carbocycles. The maximum absolute atomic E-state index is 13.8. The van der Waals surface area contributed by atoms with Gasteiger partial charge in [0, 0.05) is 17.3 Å². The van der Waals surface area contributed by atoms with E-state index >= 15 is 0 Å². The van der Waals surface area contributed by atoms with Crippen molar-refractivity contribution >= 4 is 57.8 Å². The van der Waals surface area contributed by atoms with Gasteiger partial charge in [-0.1, -0.05) is 102 Å². The molecule has 0 bridgehead atoms. The van der Waals surface area contributed by atoms with Crippen LogP contribution in [0.1, 0.15) is 22.5 Å². The van der Waals surface area contributed by atoms with Crippen LogP contribution in [0.4, 0.5) is 9.52 Å². The Bertz CT molecular complexity index is 2110. The predicted octanol–water partition coefficient (Wildman–Crippen LogP) is 1.47. The number of amides is 3. The van der Waals surface area contributed by atoms with Gasteiger partial charge in [0.25, 0.3) is 24.6 Å². The monoisotopic (exact) mass is 814 g/mol. The number of aliphatic hydroxyl groups excluding tert-OH is 1. The van der Waals surface area contributed by atoms with Gasteiger partial charge in [0.05, 0.1) is 32.3 Å². The molecule has 18 heteroatoms. The number of hydrogen-bond donors (Lipinski definition) is 4. The fourth-order valence-corrected chi connectivity index (χ4v) is 8.75. The summed E-state index contributed by atoms with van der Waals surface area (Å²) in [5.74, 6) is -4.05. The van der Waals surface area contributed by atoms with Gasteiger partial charge in [-0.15, -0.1) is 11.8 Å². The molecule has 0 saturated carbocycles. The lowest BCUT2D eigenvalue weighted by molar-refractivity contribution is -0.900. The maximum atomic E-state index is 13.8. The van der Waals surface area contributed by atoms with E-state index < -0.39 is 65.9 Å². The molecular formula is C39H39FN8O7S2. The van der Waals surface area contributed by atoms with Crippen LogP contribution in [-0.4, -0.2) is 111 Å². The van der Waals surface area contributed by atoms with Crippen molar-refractivity contribution in [2.45, 2.75) is 23.0 Å². The van der Waals surface area contributed by atoms with Gasteiger partial charge in [-0.25, -0.2) is 4.39 Å². The molecule has 2 aliphatic heterocycles. The number of aliphatic carboxylic acids is 1. The van der Waals surface area contributed by atoms with Crippen LogP contribution >= 0.6 is 23.3 Å². The molecule has 57 heavy (non-hydrogen) atoms. The van der Waals surface area contributed by atoms with Crippen LogP contribution in [0.3, 0.4) is 0 Å². The minimum absolute atomic E-state index is 0.00184. The van der Waals surface area contributed by atoms with Gasteiger partial charge in [0.15, 0.2) is 6.04 Å². The molecule has 6 rings (SSSR count). The molecule has 1 aromatic heterocycles. The zero-order valence-corrected chi connectivity index (χ0v) is 32.4. The third-order valence-corrected chi connectivity index (χ3v) is 11.6. The van der Waals surface area contributed by atoms with Crippen molar-refractivity contribution in [1.82, 2.24) is 19.6 Å². The Labute approximate surface area is 335 Å². The van der Waals surface area contributed by atoms with Crippen LogP contribution in [0.2, 0.25) is 0 Å². The number of nitrogens with two attached hydrogens (primary N) is 1. The highest BCUT2D eigenvalue weighted by Crippen LogP contribution is 2.42. The summed E-state index contributed by atoms with van der Waals surface area (Å²) in [5.41, 5.74) is 6.50. The summed E-state index contributed by atoms with van der Waals surface area (Å²) in [6.45, 7) is -1.64. The number of nitrogens with zero attached hydrogens (tertiary/aromatic N) is 5. The molecule has 0 spiro atoms. The first-order chi connectivity index (χ1) is 27.4. The summed E-state index contributed by atoms with van der Waals surface area (Å²) in [6.07, 6.45) is 3.14. The van der Waals surface area contributed by atoms with Crippen molar-refractivity contribution in [3.05, 3.63) is 137 Å². The van der Waals surface area contributed by atoms with E-state index in [2.05, 4.69) is 30.0 Å². The van der Waals surface area contributed by atoms with Crippen molar-refractivity contribution < 1.29 is 43.1 Å². The standard InChI is InChI=1S/C39H39FN8O7S2/c1-48(2,28(21-49)32(41)50)20-12-13-24-22-56-36-30(35(52)47(36)31(24)37(53)54)42-34(51)29(45-55-23-40)33-43-38(57-46-33)44-39(25-14-6-3-7-15-25,26-16-8-4-9-17-26)27-18-10-5-11-19-27/h3-19,28,30,36,49H,20-23H2,1-2H3,(H4-,41,42,43,44,46,50,51,53,54)/b13-12+,45-29-/t28-,30-,36-/m1/s1. The Hall–Kier alpha value is -5.95. The first-order valence-corrected chi connectivity index (χ1v) is 19.4. The molecule has 3 heterocycles. The lowest BCUT2D eigenvalue weighted by Gasteiger charge is -2.50. The number of nitrogens with one attached hydrogen (secondary N) is 2. The number of aromatic nitrogens is 2. The zero-order chi connectivity index (χ0) is 40.7. The average Bonchev–Trinajstić information content (AvgIpc) is 3.67. The number of likely N-dealkylation sites (N-methyl/N-ethyl adjacent to an activating group) is 1. The molecule has 4 aromatic rings. The molecule has 296 valence electrons. The lowest BCUT2D eigenvalue weighted by Crippen LogP contribution is -2.71. The van der Waals surface area contributed by atoms with Crippen LogP contribution in [0.25, 0.3) is 0 Å². The van der Waals surface area contributed by atoms with Crippen LogP contribution in [0.15, 0.2) is 120 Å². The molecule has 1 saturated heterocycles. The highest BCUT2D eigenvalue weighted by molar-refractivity contribution is 8.00. The quantitative estimate of drug-likeness (QED) is 0.0394. The van der Waals surface area contributed by atoms with E-state index in [1.165, 1.54) is 17.8 Å². The molecule has 2 aliphatic rings. The SMILES string of the molecule is C[N+](C)(C/C=C/C1=C(C(=O)[O-])N2C(=O)[C@@H](NC(=O)/C(=N\OCF)c3nsc(NC(c4ccccc4)(c4ccccc4)c4ccccc4)n3)[C@H]2SC1)[C@H](CO)C(N)=O. The van der Waals surface area contributed by atoms with Crippen LogP contribution in [-0.2, 0) is 29.6 Å². The molecule has 0 aliphatic carbocycles. The number of allylic oxidation sites excluding steroid dienone is 1. The van der Waals surface area contributed by atoms with Crippen molar-refractivity contribution in [1.29, 1.82) is 0 Å². The van der Waals surface area contributed by atoms with Crippen LogP contribution in [0, 0.1) is 0 Å². The van der Waals surface area contributed by atoms with Crippen molar-refractivity contribution in [2.24, 2.45) is 10.9 Å². The fraction of sp³-hybridized carbons (Fsp3) is 0.256. The Morgan fingerprint density at radius 2 is 1.65 bits per heavy atom. The molecule has 15 nitrogen and oxygen atoms in total. The summed E-state index contributed by atoms with van der Waals surface area (Å²) in [5, 5.41) is 31.2.